The number of imidazole rings is 1. The number of aromatic amines is 1. The van der Waals surface area contributed by atoms with Crippen LogP contribution in [0.25, 0.3) is 16.8 Å². The number of carbonyl (C=O) groups is 2. The van der Waals surface area contributed by atoms with E-state index in [0.29, 0.717) is 34.5 Å². The summed E-state index contributed by atoms with van der Waals surface area (Å²) in [5.74, 6) is -1.74. The van der Waals surface area contributed by atoms with Crippen LogP contribution in [0.2, 0.25) is 0 Å². The van der Waals surface area contributed by atoms with Gasteiger partial charge in [-0.2, -0.15) is 0 Å². The van der Waals surface area contributed by atoms with Gasteiger partial charge in [0.05, 0.1) is 29.3 Å². The number of aromatic nitrogens is 2. The van der Waals surface area contributed by atoms with Gasteiger partial charge in [0.15, 0.2) is 0 Å². The van der Waals surface area contributed by atoms with Gasteiger partial charge in [0, 0.05) is 5.56 Å². The molecule has 194 valence electrons. The molecule has 1 saturated heterocycles. The van der Waals surface area contributed by atoms with Gasteiger partial charge < -0.3 is 14.8 Å². The van der Waals surface area contributed by atoms with Crippen molar-refractivity contribution in [3.05, 3.63) is 94.8 Å². The van der Waals surface area contributed by atoms with E-state index in [1.165, 1.54) is 23.1 Å². The summed E-state index contributed by atoms with van der Waals surface area (Å²) in [4.78, 5) is 35.5. The fourth-order valence-electron chi connectivity index (χ4n) is 4.65. The van der Waals surface area contributed by atoms with E-state index in [9.17, 15) is 19.1 Å². The molecule has 1 aliphatic rings. The quantitative estimate of drug-likeness (QED) is 0.193. The average Bonchev–Trinajstić information content (AvgIpc) is 3.41. The summed E-state index contributed by atoms with van der Waals surface area (Å²) in [7, 11) is 0. The molecule has 1 aliphatic heterocycles. The fraction of sp³-hybridized carbons (Fsp3) is 0.233. The number of nitrogens with zero attached hydrogens (tertiary/aromatic N) is 2. The molecular formula is C30H28FN3O4. The summed E-state index contributed by atoms with van der Waals surface area (Å²) in [6.07, 6.45) is 0. The first-order valence-corrected chi connectivity index (χ1v) is 12.4. The van der Waals surface area contributed by atoms with E-state index in [4.69, 9.17) is 4.74 Å². The summed E-state index contributed by atoms with van der Waals surface area (Å²) in [5, 5.41) is 11.3. The smallest absolute Gasteiger partial charge is 0.302 e. The number of benzene rings is 3. The van der Waals surface area contributed by atoms with Crippen molar-refractivity contribution < 1.29 is 23.8 Å². The van der Waals surface area contributed by atoms with Gasteiger partial charge in [0.1, 0.15) is 17.3 Å². The molecule has 1 unspecified atom stereocenters. The molecule has 7 nitrogen and oxygen atoms in total. The minimum absolute atomic E-state index is 0.0608. The lowest BCUT2D eigenvalue weighted by atomic mass is 9.85. The summed E-state index contributed by atoms with van der Waals surface area (Å²) >= 11 is 0. The van der Waals surface area contributed by atoms with Crippen LogP contribution in [0, 0.1) is 5.82 Å². The van der Waals surface area contributed by atoms with E-state index in [0.717, 1.165) is 5.56 Å². The van der Waals surface area contributed by atoms with Gasteiger partial charge in [-0.05, 0) is 65.9 Å². The lowest BCUT2D eigenvalue weighted by Crippen LogP contribution is -2.30. The van der Waals surface area contributed by atoms with E-state index in [-0.39, 0.29) is 22.7 Å². The molecule has 1 atom stereocenters. The number of carbonyl (C=O) groups excluding carboxylic acids is 2. The molecule has 3 aromatic carbocycles. The van der Waals surface area contributed by atoms with Crippen molar-refractivity contribution in [2.75, 3.05) is 11.5 Å². The number of hydrogen-bond donors (Lipinski definition) is 2. The Morgan fingerprint density at radius 2 is 1.74 bits per heavy atom. The largest absolute Gasteiger partial charge is 0.507 e. The summed E-state index contributed by atoms with van der Waals surface area (Å²) in [6, 6.07) is 17.3. The number of H-pyrrole nitrogens is 1. The van der Waals surface area contributed by atoms with Crippen molar-refractivity contribution in [2.24, 2.45) is 0 Å². The highest BCUT2D eigenvalue weighted by molar-refractivity contribution is 6.51. The number of rotatable bonds is 5. The summed E-state index contributed by atoms with van der Waals surface area (Å²) in [5.41, 5.74) is 2.72. The van der Waals surface area contributed by atoms with Crippen molar-refractivity contribution in [1.29, 1.82) is 0 Å². The number of amides is 1. The van der Waals surface area contributed by atoms with Crippen LogP contribution in [0.15, 0.2) is 72.3 Å². The van der Waals surface area contributed by atoms with E-state index < -0.39 is 23.5 Å². The van der Waals surface area contributed by atoms with E-state index >= 15 is 0 Å². The molecule has 0 aliphatic carbocycles. The molecule has 0 bridgehead atoms. The maximum atomic E-state index is 13.8. The lowest BCUT2D eigenvalue weighted by Gasteiger charge is -2.25. The third kappa shape index (κ3) is 4.42. The first kappa shape index (κ1) is 25.2. The number of Topliss-reactive ketones (excluding diaryl/α,β-unsaturated/α-hetero) is 1. The predicted octanol–water partition coefficient (Wildman–Crippen LogP) is 6.02. The highest BCUT2D eigenvalue weighted by Gasteiger charge is 2.48. The molecule has 1 amide bonds. The lowest BCUT2D eigenvalue weighted by molar-refractivity contribution is -0.132. The topological polar surface area (TPSA) is 95.5 Å². The van der Waals surface area contributed by atoms with Crippen molar-refractivity contribution in [1.82, 2.24) is 9.97 Å². The van der Waals surface area contributed by atoms with E-state index in [2.05, 4.69) is 30.7 Å². The Kier molecular flexibility index (Phi) is 6.26. The van der Waals surface area contributed by atoms with Crippen LogP contribution < -0.4 is 9.64 Å². The number of hydrogen-bond acceptors (Lipinski definition) is 5. The number of halogens is 1. The second-order valence-electron chi connectivity index (χ2n) is 10.2. The van der Waals surface area contributed by atoms with Crippen molar-refractivity contribution >= 4 is 34.4 Å². The van der Waals surface area contributed by atoms with Crippen molar-refractivity contribution in [3.63, 3.8) is 0 Å². The molecule has 2 heterocycles. The van der Waals surface area contributed by atoms with Crippen LogP contribution in [0.1, 0.15) is 50.4 Å². The number of ketones is 1. The third-order valence-electron chi connectivity index (χ3n) is 6.64. The van der Waals surface area contributed by atoms with Gasteiger partial charge in [-0.1, -0.05) is 45.0 Å². The van der Waals surface area contributed by atoms with Crippen LogP contribution in [0.4, 0.5) is 10.3 Å². The molecule has 38 heavy (non-hydrogen) atoms. The molecule has 1 aromatic heterocycles. The summed E-state index contributed by atoms with van der Waals surface area (Å²) in [6.45, 7) is 8.63. The molecule has 0 spiro atoms. The Balaban J connectivity index is 1.68. The van der Waals surface area contributed by atoms with Crippen LogP contribution in [-0.2, 0) is 15.0 Å². The van der Waals surface area contributed by atoms with Crippen LogP contribution in [-0.4, -0.2) is 33.4 Å². The van der Waals surface area contributed by atoms with Crippen LogP contribution in [0.5, 0.6) is 5.75 Å². The minimum atomic E-state index is -0.957. The fourth-order valence-corrected chi connectivity index (χ4v) is 4.65. The number of aliphatic hydroxyl groups is 1. The standard InChI is InChI=1S/C30H28FN3O4/c1-5-38-21-13-8-18(9-14-21)26(35)24-25(17-6-10-19(11-7-17)30(2,3)4)34(28(37)27(24)36)29-32-22-15-12-20(31)16-23(22)33-29/h6-16,25,35H,5H2,1-4H3,(H,32,33)/b26-24+. The number of aliphatic hydroxyl groups excluding tert-OH is 1. The molecule has 5 rings (SSSR count). The molecule has 0 saturated carbocycles. The van der Waals surface area contributed by atoms with E-state index in [1.807, 2.05) is 31.2 Å². The van der Waals surface area contributed by atoms with E-state index in [1.54, 1.807) is 24.3 Å². The van der Waals surface area contributed by atoms with Gasteiger partial charge in [-0.25, -0.2) is 9.37 Å². The Morgan fingerprint density at radius 3 is 2.37 bits per heavy atom. The second kappa shape index (κ2) is 9.45. The number of fused-ring (bicyclic) bond motifs is 1. The number of anilines is 1. The first-order chi connectivity index (χ1) is 18.1. The van der Waals surface area contributed by atoms with Crippen LogP contribution >= 0.6 is 0 Å². The average molecular weight is 514 g/mol. The molecule has 0 radical (unpaired) electrons. The normalized spacial score (nSPS) is 17.4. The second-order valence-corrected chi connectivity index (χ2v) is 10.2. The maximum Gasteiger partial charge on any atom is 0.302 e. The Morgan fingerprint density at radius 1 is 1.05 bits per heavy atom. The Bertz CT molecular complexity index is 1560. The van der Waals surface area contributed by atoms with Crippen molar-refractivity contribution in [3.8, 4) is 5.75 Å². The van der Waals surface area contributed by atoms with Gasteiger partial charge in [0.2, 0.25) is 5.95 Å². The van der Waals surface area contributed by atoms with Gasteiger partial charge in [-0.3, -0.25) is 14.5 Å². The predicted molar refractivity (Wildman–Crippen MR) is 144 cm³/mol. The maximum absolute atomic E-state index is 13.8. The Hall–Kier alpha value is -4.46. The van der Waals surface area contributed by atoms with Gasteiger partial charge in [-0.15, -0.1) is 0 Å². The molecule has 8 heteroatoms. The monoisotopic (exact) mass is 513 g/mol. The molecular weight excluding hydrogens is 485 g/mol. The number of ether oxygens (including phenoxy) is 1. The zero-order chi connectivity index (χ0) is 27.2. The SMILES string of the molecule is CCOc1ccc(/C(O)=C2\C(=O)C(=O)N(c3nc4ccc(F)cc4[nH]3)C2c2ccc(C(C)(C)C)cc2)cc1. The van der Waals surface area contributed by atoms with Gasteiger partial charge >= 0.3 is 5.91 Å². The molecule has 2 N–H and O–H groups in total. The zero-order valence-corrected chi connectivity index (χ0v) is 21.6. The molecule has 1 fully saturated rings. The third-order valence-corrected chi connectivity index (χ3v) is 6.64. The van der Waals surface area contributed by atoms with Gasteiger partial charge in [0.25, 0.3) is 5.78 Å². The highest BCUT2D eigenvalue weighted by Crippen LogP contribution is 2.42. The van der Waals surface area contributed by atoms with Crippen molar-refractivity contribution in [2.45, 2.75) is 39.2 Å². The highest BCUT2D eigenvalue weighted by atomic mass is 19.1. The van der Waals surface area contributed by atoms with Crippen LogP contribution in [0.3, 0.4) is 0 Å². The number of nitrogens with one attached hydrogen (secondary N) is 1. The Labute approximate surface area is 219 Å². The first-order valence-electron chi connectivity index (χ1n) is 12.4. The zero-order valence-electron chi connectivity index (χ0n) is 21.6. The minimum Gasteiger partial charge on any atom is -0.507 e. The molecule has 4 aromatic rings. The summed E-state index contributed by atoms with van der Waals surface area (Å²) < 4.78 is 19.3.